The molecular weight excluding hydrogens is 817 g/mol. The molecule has 0 unspecified atom stereocenters. The maximum Gasteiger partial charge on any atom is 0.306 e. The molecule has 0 fully saturated rings. The Bertz CT molecular complexity index is 1370. The summed E-state index contributed by atoms with van der Waals surface area (Å²) in [5.41, 5.74) is 0. The monoisotopic (exact) mass is 915 g/mol. The van der Waals surface area contributed by atoms with Crippen molar-refractivity contribution in [2.24, 2.45) is 0 Å². The molecule has 6 nitrogen and oxygen atoms in total. The van der Waals surface area contributed by atoms with Crippen LogP contribution in [0.2, 0.25) is 0 Å². The minimum Gasteiger partial charge on any atom is -0.462 e. The lowest BCUT2D eigenvalue weighted by molar-refractivity contribution is -0.166. The lowest BCUT2D eigenvalue weighted by Gasteiger charge is -2.18. The Morgan fingerprint density at radius 1 is 0.318 bits per heavy atom. The Labute approximate surface area is 406 Å². The molecule has 0 saturated carbocycles. The van der Waals surface area contributed by atoms with Crippen molar-refractivity contribution in [1.29, 1.82) is 0 Å². The van der Waals surface area contributed by atoms with E-state index in [0.717, 1.165) is 77.0 Å². The minimum atomic E-state index is -0.838. The average molecular weight is 915 g/mol. The molecule has 0 aromatic carbocycles. The Morgan fingerprint density at radius 3 is 1.05 bits per heavy atom. The molecule has 0 radical (unpaired) electrons. The van der Waals surface area contributed by atoms with Gasteiger partial charge in [-0.15, -0.1) is 0 Å². The summed E-state index contributed by atoms with van der Waals surface area (Å²) in [6, 6.07) is 0. The lowest BCUT2D eigenvalue weighted by Crippen LogP contribution is -2.30. The maximum absolute atomic E-state index is 12.8. The third-order valence-electron chi connectivity index (χ3n) is 11.0. The highest BCUT2D eigenvalue weighted by molar-refractivity contribution is 5.71. The van der Waals surface area contributed by atoms with E-state index in [0.29, 0.717) is 19.3 Å². The first-order chi connectivity index (χ1) is 32.5. The largest absolute Gasteiger partial charge is 0.462 e. The van der Waals surface area contributed by atoms with Crippen LogP contribution in [-0.4, -0.2) is 37.2 Å². The molecule has 0 heterocycles. The van der Waals surface area contributed by atoms with E-state index in [-0.39, 0.29) is 38.0 Å². The molecule has 0 saturated heterocycles. The number of carbonyl (C=O) groups is 3. The summed E-state index contributed by atoms with van der Waals surface area (Å²) in [4.78, 5) is 38.0. The predicted octanol–water partition coefficient (Wildman–Crippen LogP) is 17.9. The Kier molecular flexibility index (Phi) is 50.5. The lowest BCUT2D eigenvalue weighted by atomic mass is 10.0. The van der Waals surface area contributed by atoms with Gasteiger partial charge in [-0.25, -0.2) is 0 Å². The number of ether oxygens (including phenoxy) is 3. The maximum atomic E-state index is 12.8. The summed E-state index contributed by atoms with van der Waals surface area (Å²) >= 11 is 0. The van der Waals surface area contributed by atoms with Gasteiger partial charge in [0, 0.05) is 19.3 Å². The zero-order valence-electron chi connectivity index (χ0n) is 42.7. The van der Waals surface area contributed by atoms with E-state index in [1.165, 1.54) is 103 Å². The summed E-state index contributed by atoms with van der Waals surface area (Å²) in [6.45, 7) is 6.40. The van der Waals surface area contributed by atoms with Crippen LogP contribution in [0.4, 0.5) is 0 Å². The topological polar surface area (TPSA) is 78.9 Å². The minimum absolute atomic E-state index is 0.124. The van der Waals surface area contributed by atoms with Crippen LogP contribution in [0, 0.1) is 0 Å². The number of allylic oxidation sites excluding steroid dienone is 18. The van der Waals surface area contributed by atoms with Crippen molar-refractivity contribution in [2.75, 3.05) is 13.2 Å². The van der Waals surface area contributed by atoms with Gasteiger partial charge in [0.05, 0.1) is 0 Å². The van der Waals surface area contributed by atoms with Crippen molar-refractivity contribution >= 4 is 17.9 Å². The highest BCUT2D eigenvalue weighted by Gasteiger charge is 2.19. The molecule has 0 aliphatic carbocycles. The summed E-state index contributed by atoms with van der Waals surface area (Å²) < 4.78 is 16.7. The number of hydrogen-bond acceptors (Lipinski definition) is 6. The first-order valence-corrected chi connectivity index (χ1v) is 26.9. The van der Waals surface area contributed by atoms with Crippen molar-refractivity contribution in [1.82, 2.24) is 0 Å². The Hall–Kier alpha value is -3.93. The van der Waals surface area contributed by atoms with Crippen LogP contribution < -0.4 is 0 Å². The van der Waals surface area contributed by atoms with Crippen LogP contribution in [0.25, 0.3) is 0 Å². The molecule has 0 spiro atoms. The van der Waals surface area contributed by atoms with Gasteiger partial charge in [0.15, 0.2) is 6.10 Å². The van der Waals surface area contributed by atoms with Crippen LogP contribution in [0.3, 0.4) is 0 Å². The van der Waals surface area contributed by atoms with E-state index in [9.17, 15) is 14.4 Å². The third kappa shape index (κ3) is 51.1. The standard InChI is InChI=1S/C60H98O6/c1-4-7-10-13-16-19-22-25-27-29-30-32-34-36-39-42-45-48-51-54-60(63)66-57(55-64-58(61)52-49-46-43-40-37-24-21-18-15-12-9-6-3)56-65-59(62)53-50-47-44-41-38-35-33-31-28-26-23-20-17-14-11-8-5-2/h7,10,16,19,25-28,30,32-33,35-36,39,41,44-45,48,57H,4-6,8-9,11-15,17-18,20-24,29,31,34,37-38,40,42-43,46-47,49-56H2,1-3H3/b10-7-,19-16-,27-25-,28-26-,32-30-,35-33-,39-36-,44-41-,48-45-/t57-/m0/s1. The fraction of sp³-hybridized carbons (Fsp3) is 0.650. The third-order valence-corrected chi connectivity index (χ3v) is 11.0. The van der Waals surface area contributed by atoms with Crippen molar-refractivity contribution in [3.8, 4) is 0 Å². The number of rotatable bonds is 47. The van der Waals surface area contributed by atoms with Gasteiger partial charge in [0.1, 0.15) is 13.2 Å². The highest BCUT2D eigenvalue weighted by Crippen LogP contribution is 2.14. The van der Waals surface area contributed by atoms with Gasteiger partial charge in [-0.2, -0.15) is 0 Å². The first-order valence-electron chi connectivity index (χ1n) is 26.9. The fourth-order valence-electron chi connectivity index (χ4n) is 7.01. The predicted molar refractivity (Wildman–Crippen MR) is 283 cm³/mol. The number of esters is 3. The van der Waals surface area contributed by atoms with Gasteiger partial charge in [-0.3, -0.25) is 14.4 Å². The molecule has 6 heteroatoms. The van der Waals surface area contributed by atoms with Gasteiger partial charge in [0.25, 0.3) is 0 Å². The summed E-state index contributed by atoms with van der Waals surface area (Å²) in [5.74, 6) is -1.07. The van der Waals surface area contributed by atoms with Crippen LogP contribution in [0.5, 0.6) is 0 Å². The van der Waals surface area contributed by atoms with Crippen molar-refractivity contribution in [2.45, 2.75) is 239 Å². The van der Waals surface area contributed by atoms with E-state index in [1.54, 1.807) is 0 Å². The first kappa shape index (κ1) is 62.1. The van der Waals surface area contributed by atoms with Gasteiger partial charge < -0.3 is 14.2 Å². The molecule has 0 amide bonds. The molecule has 1 atom stereocenters. The average Bonchev–Trinajstić information content (AvgIpc) is 3.31. The van der Waals surface area contributed by atoms with E-state index >= 15 is 0 Å². The fourth-order valence-corrected chi connectivity index (χ4v) is 7.01. The van der Waals surface area contributed by atoms with Crippen LogP contribution in [0.15, 0.2) is 109 Å². The molecule has 374 valence electrons. The number of unbranched alkanes of at least 4 members (excludes halogenated alkanes) is 18. The normalized spacial score (nSPS) is 13.0. The second-order valence-electron chi connectivity index (χ2n) is 17.4. The second-order valence-corrected chi connectivity index (χ2v) is 17.4. The molecule has 0 rings (SSSR count). The molecule has 0 aliphatic rings. The van der Waals surface area contributed by atoms with Crippen LogP contribution >= 0.6 is 0 Å². The Balaban J connectivity index is 4.58. The SMILES string of the molecule is CC/C=C\C/C=C\C/C=C\C/C=C\C/C=C\C/C=C\CCC(=O)O[C@H](COC(=O)CCC/C=C\C/C=C\C/C=C\CCCCCCCC)COC(=O)CCCCCCCCCCCCCC. The smallest absolute Gasteiger partial charge is 0.306 e. The molecule has 0 bridgehead atoms. The van der Waals surface area contributed by atoms with Gasteiger partial charge in [-0.1, -0.05) is 233 Å². The molecule has 0 N–H and O–H groups in total. The van der Waals surface area contributed by atoms with E-state index < -0.39 is 12.1 Å². The molecule has 66 heavy (non-hydrogen) atoms. The van der Waals surface area contributed by atoms with Gasteiger partial charge in [-0.05, 0) is 89.9 Å². The van der Waals surface area contributed by atoms with Gasteiger partial charge in [0.2, 0.25) is 0 Å². The quantitative estimate of drug-likeness (QED) is 0.0262. The van der Waals surface area contributed by atoms with Gasteiger partial charge >= 0.3 is 17.9 Å². The molecule has 0 aromatic rings. The van der Waals surface area contributed by atoms with E-state index in [4.69, 9.17) is 14.2 Å². The zero-order chi connectivity index (χ0) is 47.9. The Morgan fingerprint density at radius 2 is 0.636 bits per heavy atom. The summed E-state index contributed by atoms with van der Waals surface area (Å²) in [7, 11) is 0. The second kappa shape index (κ2) is 53.7. The van der Waals surface area contributed by atoms with Crippen LogP contribution in [-0.2, 0) is 28.6 Å². The molecule has 0 aliphatic heterocycles. The zero-order valence-corrected chi connectivity index (χ0v) is 42.7. The number of hydrogen-bond donors (Lipinski definition) is 0. The summed E-state index contributed by atoms with van der Waals surface area (Å²) in [6.07, 6.45) is 72.3. The van der Waals surface area contributed by atoms with Crippen molar-refractivity contribution in [3.05, 3.63) is 109 Å². The molecule has 0 aromatic heterocycles. The van der Waals surface area contributed by atoms with Crippen molar-refractivity contribution in [3.63, 3.8) is 0 Å². The van der Waals surface area contributed by atoms with Crippen LogP contribution in [0.1, 0.15) is 233 Å². The van der Waals surface area contributed by atoms with E-state index in [2.05, 4.69) is 118 Å². The molecular formula is C60H98O6. The van der Waals surface area contributed by atoms with Crippen molar-refractivity contribution < 1.29 is 28.6 Å². The number of carbonyl (C=O) groups excluding carboxylic acids is 3. The van der Waals surface area contributed by atoms with E-state index in [1.807, 2.05) is 12.2 Å². The highest BCUT2D eigenvalue weighted by atomic mass is 16.6. The summed E-state index contributed by atoms with van der Waals surface area (Å²) in [5, 5.41) is 0.